The molecule has 2 aromatic carbocycles. The van der Waals surface area contributed by atoms with Gasteiger partial charge in [0.05, 0.1) is 0 Å². The van der Waals surface area contributed by atoms with Crippen LogP contribution in [0.4, 0.5) is 16.2 Å². The molecule has 142 valence electrons. The van der Waals surface area contributed by atoms with E-state index in [9.17, 15) is 9.59 Å². The van der Waals surface area contributed by atoms with Crippen molar-refractivity contribution in [2.45, 2.75) is 32.4 Å². The van der Waals surface area contributed by atoms with Crippen molar-refractivity contribution < 1.29 is 14.3 Å². The van der Waals surface area contributed by atoms with E-state index in [-0.39, 0.29) is 18.0 Å². The molecule has 3 rings (SSSR count). The normalized spacial score (nSPS) is 16.0. The van der Waals surface area contributed by atoms with Crippen molar-refractivity contribution in [1.82, 2.24) is 4.90 Å². The second-order valence-corrected chi connectivity index (χ2v) is 6.50. The maximum Gasteiger partial charge on any atom is 0.322 e. The van der Waals surface area contributed by atoms with Crippen molar-refractivity contribution in [2.75, 3.05) is 23.8 Å². The largest absolute Gasteiger partial charge is 0.368 e. The molecular formula is C21H25N3O3. The van der Waals surface area contributed by atoms with E-state index < -0.39 is 0 Å². The Balaban J connectivity index is 1.54. The number of nitrogens with one attached hydrogen (secondary N) is 2. The summed E-state index contributed by atoms with van der Waals surface area (Å²) in [4.78, 5) is 26.3. The number of benzene rings is 2. The number of carbonyl (C=O) groups excluding carboxylic acids is 2. The lowest BCUT2D eigenvalue weighted by molar-refractivity contribution is -0.124. The van der Waals surface area contributed by atoms with E-state index in [1.807, 2.05) is 37.3 Å². The molecule has 1 saturated heterocycles. The zero-order chi connectivity index (χ0) is 19.1. The molecule has 1 aliphatic heterocycles. The van der Waals surface area contributed by atoms with Crippen LogP contribution in [0.1, 0.15) is 25.3 Å². The molecule has 27 heavy (non-hydrogen) atoms. The number of hydrogen-bond donors (Lipinski definition) is 2. The Labute approximate surface area is 159 Å². The van der Waals surface area contributed by atoms with Gasteiger partial charge in [0, 0.05) is 31.1 Å². The molecule has 0 radical (unpaired) electrons. The van der Waals surface area contributed by atoms with E-state index in [1.165, 1.54) is 0 Å². The smallest absolute Gasteiger partial charge is 0.322 e. The molecule has 1 atom stereocenters. The van der Waals surface area contributed by atoms with E-state index in [4.69, 9.17) is 4.74 Å². The highest BCUT2D eigenvalue weighted by atomic mass is 16.5. The lowest BCUT2D eigenvalue weighted by atomic mass is 10.2. The summed E-state index contributed by atoms with van der Waals surface area (Å²) in [6.45, 7) is 3.75. The summed E-state index contributed by atoms with van der Waals surface area (Å²) in [6, 6.07) is 16.8. The first-order valence-electron chi connectivity index (χ1n) is 9.28. The van der Waals surface area contributed by atoms with Crippen molar-refractivity contribution in [2.24, 2.45) is 0 Å². The first kappa shape index (κ1) is 18.9. The molecule has 3 amide bonds. The van der Waals surface area contributed by atoms with Gasteiger partial charge >= 0.3 is 6.03 Å². The second kappa shape index (κ2) is 9.19. The zero-order valence-corrected chi connectivity index (χ0v) is 15.5. The standard InChI is InChI=1S/C21H25N3O3/c1-2-24(15-16-7-4-3-5-8-16)21(26)23-18-12-10-17(11-13-18)22-20(25)19-9-6-14-27-19/h3-5,7-8,10-13,19H,2,6,9,14-15H2,1H3,(H,22,25)(H,23,26)/t19-/m1/s1. The van der Waals surface area contributed by atoms with E-state index in [1.54, 1.807) is 29.2 Å². The fourth-order valence-corrected chi connectivity index (χ4v) is 2.98. The van der Waals surface area contributed by atoms with Crippen LogP contribution in [0, 0.1) is 0 Å². The van der Waals surface area contributed by atoms with Crippen molar-refractivity contribution in [3.05, 3.63) is 60.2 Å². The van der Waals surface area contributed by atoms with Gasteiger partial charge in [-0.15, -0.1) is 0 Å². The minimum Gasteiger partial charge on any atom is -0.368 e. The molecule has 0 unspecified atom stereocenters. The van der Waals surface area contributed by atoms with Crippen molar-refractivity contribution in [3.63, 3.8) is 0 Å². The zero-order valence-electron chi connectivity index (χ0n) is 15.5. The lowest BCUT2D eigenvalue weighted by Gasteiger charge is -2.21. The SMILES string of the molecule is CCN(Cc1ccccc1)C(=O)Nc1ccc(NC(=O)[C@H]2CCCO2)cc1. The Morgan fingerprint density at radius 3 is 2.30 bits per heavy atom. The summed E-state index contributed by atoms with van der Waals surface area (Å²) in [6.07, 6.45) is 1.31. The molecule has 1 aliphatic rings. The predicted molar refractivity (Wildman–Crippen MR) is 106 cm³/mol. The molecule has 6 nitrogen and oxygen atoms in total. The number of carbonyl (C=O) groups is 2. The summed E-state index contributed by atoms with van der Waals surface area (Å²) in [5, 5.41) is 5.74. The summed E-state index contributed by atoms with van der Waals surface area (Å²) < 4.78 is 5.38. The van der Waals surface area contributed by atoms with Crippen LogP contribution in [0.3, 0.4) is 0 Å². The van der Waals surface area contributed by atoms with E-state index in [0.29, 0.717) is 31.1 Å². The highest BCUT2D eigenvalue weighted by Gasteiger charge is 2.23. The number of amides is 3. The van der Waals surface area contributed by atoms with Crippen LogP contribution in [-0.4, -0.2) is 36.1 Å². The minimum atomic E-state index is -0.361. The topological polar surface area (TPSA) is 70.7 Å². The molecule has 0 bridgehead atoms. The Morgan fingerprint density at radius 2 is 1.70 bits per heavy atom. The highest BCUT2D eigenvalue weighted by Crippen LogP contribution is 2.18. The van der Waals surface area contributed by atoms with Gasteiger partial charge in [-0.1, -0.05) is 30.3 Å². The Bertz CT molecular complexity index is 756. The van der Waals surface area contributed by atoms with Crippen LogP contribution in [0.15, 0.2) is 54.6 Å². The second-order valence-electron chi connectivity index (χ2n) is 6.50. The molecule has 1 fully saturated rings. The average Bonchev–Trinajstić information content (AvgIpc) is 3.23. The van der Waals surface area contributed by atoms with Crippen LogP contribution in [0.5, 0.6) is 0 Å². The van der Waals surface area contributed by atoms with Gasteiger partial charge in [-0.3, -0.25) is 4.79 Å². The van der Waals surface area contributed by atoms with Crippen molar-refractivity contribution in [3.8, 4) is 0 Å². The number of rotatable bonds is 6. The maximum absolute atomic E-state index is 12.5. The summed E-state index contributed by atoms with van der Waals surface area (Å²) in [5.74, 6) is -0.121. The lowest BCUT2D eigenvalue weighted by Crippen LogP contribution is -2.34. The van der Waals surface area contributed by atoms with E-state index >= 15 is 0 Å². The fourth-order valence-electron chi connectivity index (χ4n) is 2.98. The molecule has 6 heteroatoms. The van der Waals surface area contributed by atoms with Gasteiger partial charge < -0.3 is 20.3 Å². The molecule has 0 aliphatic carbocycles. The first-order chi connectivity index (χ1) is 13.2. The third-order valence-electron chi connectivity index (χ3n) is 4.51. The highest BCUT2D eigenvalue weighted by molar-refractivity contribution is 5.95. The van der Waals surface area contributed by atoms with Gasteiger partial charge in [-0.25, -0.2) is 4.79 Å². The van der Waals surface area contributed by atoms with Gasteiger partial charge in [0.1, 0.15) is 6.10 Å². The molecule has 0 saturated carbocycles. The van der Waals surface area contributed by atoms with Crippen LogP contribution in [-0.2, 0) is 16.1 Å². The maximum atomic E-state index is 12.5. The molecule has 2 N–H and O–H groups in total. The van der Waals surface area contributed by atoms with Gasteiger partial charge in [0.15, 0.2) is 0 Å². The summed E-state index contributed by atoms with van der Waals surface area (Å²) in [5.41, 5.74) is 2.45. The van der Waals surface area contributed by atoms with Gasteiger partial charge in [0.2, 0.25) is 0 Å². The average molecular weight is 367 g/mol. The number of nitrogens with zero attached hydrogens (tertiary/aromatic N) is 1. The van der Waals surface area contributed by atoms with Crippen LogP contribution >= 0.6 is 0 Å². The molecule has 2 aromatic rings. The molecule has 0 aromatic heterocycles. The van der Waals surface area contributed by atoms with Crippen molar-refractivity contribution >= 4 is 23.3 Å². The number of anilines is 2. The first-order valence-corrected chi connectivity index (χ1v) is 9.28. The summed E-state index contributed by atoms with van der Waals surface area (Å²) in [7, 11) is 0. The Morgan fingerprint density at radius 1 is 1.04 bits per heavy atom. The van der Waals surface area contributed by atoms with Crippen LogP contribution < -0.4 is 10.6 Å². The van der Waals surface area contributed by atoms with Gasteiger partial charge in [0.25, 0.3) is 5.91 Å². The molecular weight excluding hydrogens is 342 g/mol. The third-order valence-corrected chi connectivity index (χ3v) is 4.51. The Kier molecular flexibility index (Phi) is 6.44. The quantitative estimate of drug-likeness (QED) is 0.814. The van der Waals surface area contributed by atoms with Crippen LogP contribution in [0.2, 0.25) is 0 Å². The van der Waals surface area contributed by atoms with Gasteiger partial charge in [-0.05, 0) is 49.6 Å². The van der Waals surface area contributed by atoms with E-state index in [0.717, 1.165) is 18.4 Å². The molecule has 0 spiro atoms. The minimum absolute atomic E-state index is 0.121. The number of hydrogen-bond acceptors (Lipinski definition) is 3. The predicted octanol–water partition coefficient (Wildman–Crippen LogP) is 3.86. The van der Waals surface area contributed by atoms with Crippen molar-refractivity contribution in [1.29, 1.82) is 0 Å². The monoisotopic (exact) mass is 367 g/mol. The van der Waals surface area contributed by atoms with E-state index in [2.05, 4.69) is 10.6 Å². The number of ether oxygens (including phenoxy) is 1. The molecule has 1 heterocycles. The fraction of sp³-hybridized carbons (Fsp3) is 0.333. The van der Waals surface area contributed by atoms with Crippen LogP contribution in [0.25, 0.3) is 0 Å². The summed E-state index contributed by atoms with van der Waals surface area (Å²) >= 11 is 0. The Hall–Kier alpha value is -2.86. The number of urea groups is 1. The third kappa shape index (κ3) is 5.31. The van der Waals surface area contributed by atoms with Gasteiger partial charge in [-0.2, -0.15) is 0 Å².